The Bertz CT molecular complexity index is 461. The molecule has 0 aliphatic rings. The van der Waals surface area contributed by atoms with Crippen LogP contribution < -0.4 is 5.32 Å². The van der Waals surface area contributed by atoms with Crippen LogP contribution in [0.5, 0.6) is 0 Å². The number of halogens is 1. The minimum Gasteiger partial charge on any atom is -0.307 e. The summed E-state index contributed by atoms with van der Waals surface area (Å²) in [6.07, 6.45) is 5.49. The van der Waals surface area contributed by atoms with Gasteiger partial charge in [0.05, 0.1) is 12.0 Å². The van der Waals surface area contributed by atoms with Crippen LogP contribution in [0.15, 0.2) is 41.8 Å². The van der Waals surface area contributed by atoms with E-state index in [1.165, 1.54) is 4.88 Å². The lowest BCUT2D eigenvalue weighted by Gasteiger charge is -2.00. The molecule has 1 N–H and O–H groups in total. The zero-order chi connectivity index (χ0) is 11.4. The first-order valence-corrected chi connectivity index (χ1v) is 6.11. The molecule has 84 valence electrons. The van der Waals surface area contributed by atoms with Gasteiger partial charge in [-0.1, -0.05) is 18.2 Å². The molecule has 5 heteroatoms. The molecule has 16 heavy (non-hydrogen) atoms. The Hall–Kier alpha value is -1.10. The Morgan fingerprint density at radius 3 is 3.19 bits per heavy atom. The van der Waals surface area contributed by atoms with Gasteiger partial charge in [-0.3, -0.25) is 0 Å². The predicted molar refractivity (Wildman–Crippen MR) is 68.1 cm³/mol. The van der Waals surface area contributed by atoms with Crippen LogP contribution in [0.3, 0.4) is 0 Å². The molecule has 0 aromatic carbocycles. The van der Waals surface area contributed by atoms with Crippen molar-refractivity contribution in [3.63, 3.8) is 0 Å². The Kier molecular flexibility index (Phi) is 3.77. The molecule has 0 atom stereocenters. The normalized spacial score (nSPS) is 10.6. The van der Waals surface area contributed by atoms with Gasteiger partial charge >= 0.3 is 0 Å². The highest BCUT2D eigenvalue weighted by atomic mass is 35.5. The summed E-state index contributed by atoms with van der Waals surface area (Å²) in [5, 5.41) is 5.95. The van der Waals surface area contributed by atoms with Crippen molar-refractivity contribution in [3.8, 4) is 5.69 Å². The van der Waals surface area contributed by atoms with Gasteiger partial charge in [0.25, 0.3) is 0 Å². The van der Waals surface area contributed by atoms with Gasteiger partial charge in [0, 0.05) is 40.8 Å². The Labute approximate surface area is 103 Å². The summed E-state index contributed by atoms with van der Waals surface area (Å²) in [6, 6.07) is 2.14. The molecule has 2 heterocycles. The average molecular weight is 254 g/mol. The van der Waals surface area contributed by atoms with Gasteiger partial charge in [0.15, 0.2) is 0 Å². The molecule has 2 aromatic rings. The van der Waals surface area contributed by atoms with Crippen molar-refractivity contribution in [1.82, 2.24) is 14.9 Å². The van der Waals surface area contributed by atoms with Crippen LogP contribution in [0.25, 0.3) is 5.69 Å². The fourth-order valence-electron chi connectivity index (χ4n) is 1.33. The quantitative estimate of drug-likeness (QED) is 0.888. The molecule has 0 fully saturated rings. The molecule has 0 unspecified atom stereocenters. The van der Waals surface area contributed by atoms with E-state index in [-0.39, 0.29) is 0 Å². The van der Waals surface area contributed by atoms with Gasteiger partial charge in [-0.25, -0.2) is 4.98 Å². The lowest BCUT2D eigenvalue weighted by atomic mass is 10.4. The molecular formula is C11H12ClN3S. The summed E-state index contributed by atoms with van der Waals surface area (Å²) in [7, 11) is 0. The second-order valence-corrected chi connectivity index (χ2v) is 4.89. The van der Waals surface area contributed by atoms with Crippen LogP contribution in [-0.2, 0) is 6.54 Å². The molecule has 0 saturated carbocycles. The van der Waals surface area contributed by atoms with Crippen LogP contribution in [0.2, 0.25) is 0 Å². The standard InChI is InChI=1S/C11H12ClN3S/c1-9(12)5-14-6-11-4-10(7-16-11)15-3-2-13-8-15/h2-4,7-8,14H,1,5-6H2. The largest absolute Gasteiger partial charge is 0.307 e. The summed E-state index contributed by atoms with van der Waals surface area (Å²) in [4.78, 5) is 5.28. The smallest absolute Gasteiger partial charge is 0.0991 e. The zero-order valence-corrected chi connectivity index (χ0v) is 10.3. The van der Waals surface area contributed by atoms with E-state index in [0.717, 1.165) is 12.2 Å². The highest BCUT2D eigenvalue weighted by molar-refractivity contribution is 7.10. The number of hydrogen-bond donors (Lipinski definition) is 1. The number of imidazole rings is 1. The number of hydrogen-bond acceptors (Lipinski definition) is 3. The second kappa shape index (κ2) is 5.30. The molecular weight excluding hydrogens is 242 g/mol. The maximum atomic E-state index is 5.66. The van der Waals surface area contributed by atoms with Crippen LogP contribution in [0.1, 0.15) is 4.88 Å². The maximum Gasteiger partial charge on any atom is 0.0991 e. The Balaban J connectivity index is 1.95. The minimum absolute atomic E-state index is 0.631. The van der Waals surface area contributed by atoms with Crippen molar-refractivity contribution in [1.29, 1.82) is 0 Å². The Morgan fingerprint density at radius 2 is 2.50 bits per heavy atom. The van der Waals surface area contributed by atoms with Crippen molar-refractivity contribution in [2.75, 3.05) is 6.54 Å². The highest BCUT2D eigenvalue weighted by Gasteiger charge is 2.01. The number of nitrogens with one attached hydrogen (secondary N) is 1. The first kappa shape index (κ1) is 11.4. The molecule has 2 aromatic heterocycles. The molecule has 0 amide bonds. The third-order valence-corrected chi connectivity index (χ3v) is 3.12. The van der Waals surface area contributed by atoms with Gasteiger partial charge in [0.2, 0.25) is 0 Å². The second-order valence-electron chi connectivity index (χ2n) is 3.36. The molecule has 0 bridgehead atoms. The van der Waals surface area contributed by atoms with Gasteiger partial charge in [-0.2, -0.15) is 0 Å². The maximum absolute atomic E-state index is 5.66. The SMILES string of the molecule is C=C(Cl)CNCc1cc(-n2ccnc2)cs1. The minimum atomic E-state index is 0.631. The topological polar surface area (TPSA) is 29.9 Å². The zero-order valence-electron chi connectivity index (χ0n) is 8.69. The Morgan fingerprint density at radius 1 is 1.62 bits per heavy atom. The molecule has 0 aliphatic carbocycles. The lowest BCUT2D eigenvalue weighted by Crippen LogP contribution is -2.13. The fourth-order valence-corrected chi connectivity index (χ4v) is 2.26. The van der Waals surface area contributed by atoms with Crippen LogP contribution in [-0.4, -0.2) is 16.1 Å². The van der Waals surface area contributed by atoms with Crippen molar-refractivity contribution < 1.29 is 0 Å². The third-order valence-electron chi connectivity index (χ3n) is 2.06. The number of nitrogens with zero attached hydrogens (tertiary/aromatic N) is 2. The van der Waals surface area contributed by atoms with E-state index >= 15 is 0 Å². The van der Waals surface area contributed by atoms with E-state index < -0.39 is 0 Å². The first-order chi connectivity index (χ1) is 7.75. The van der Waals surface area contributed by atoms with Gasteiger partial charge < -0.3 is 9.88 Å². The molecule has 0 spiro atoms. The van der Waals surface area contributed by atoms with Gasteiger partial charge in [-0.05, 0) is 6.07 Å². The summed E-state index contributed by atoms with van der Waals surface area (Å²) < 4.78 is 1.99. The summed E-state index contributed by atoms with van der Waals surface area (Å²) >= 11 is 7.38. The van der Waals surface area contributed by atoms with Gasteiger partial charge in [-0.15, -0.1) is 11.3 Å². The van der Waals surface area contributed by atoms with Crippen molar-refractivity contribution in [2.45, 2.75) is 6.54 Å². The number of thiophene rings is 1. The molecule has 0 saturated heterocycles. The summed E-state index contributed by atoms with van der Waals surface area (Å²) in [5.74, 6) is 0. The third kappa shape index (κ3) is 2.95. The average Bonchev–Trinajstić information content (AvgIpc) is 2.85. The fraction of sp³-hybridized carbons (Fsp3) is 0.182. The van der Waals surface area contributed by atoms with Crippen molar-refractivity contribution in [3.05, 3.63) is 46.7 Å². The van der Waals surface area contributed by atoms with Crippen LogP contribution in [0.4, 0.5) is 0 Å². The van der Waals surface area contributed by atoms with Crippen LogP contribution in [0, 0.1) is 0 Å². The first-order valence-electron chi connectivity index (χ1n) is 4.85. The predicted octanol–water partition coefficient (Wildman–Crippen LogP) is 2.78. The van der Waals surface area contributed by atoms with E-state index in [0.29, 0.717) is 11.6 Å². The van der Waals surface area contributed by atoms with E-state index in [1.807, 2.05) is 10.8 Å². The molecule has 3 nitrogen and oxygen atoms in total. The highest BCUT2D eigenvalue weighted by Crippen LogP contribution is 2.18. The summed E-state index contributed by atoms with van der Waals surface area (Å²) in [6.45, 7) is 5.08. The molecule has 0 aliphatic heterocycles. The van der Waals surface area contributed by atoms with E-state index in [1.54, 1.807) is 23.9 Å². The lowest BCUT2D eigenvalue weighted by molar-refractivity contribution is 0.764. The molecule has 2 rings (SSSR count). The number of rotatable bonds is 5. The molecule has 0 radical (unpaired) electrons. The summed E-state index contributed by atoms with van der Waals surface area (Å²) in [5.41, 5.74) is 1.14. The van der Waals surface area contributed by atoms with Crippen LogP contribution >= 0.6 is 22.9 Å². The number of aromatic nitrogens is 2. The van der Waals surface area contributed by atoms with Crippen molar-refractivity contribution >= 4 is 22.9 Å². The monoisotopic (exact) mass is 253 g/mol. The van der Waals surface area contributed by atoms with Crippen molar-refractivity contribution in [2.24, 2.45) is 0 Å². The van der Waals surface area contributed by atoms with E-state index in [4.69, 9.17) is 11.6 Å². The van der Waals surface area contributed by atoms with Gasteiger partial charge in [0.1, 0.15) is 0 Å². The van der Waals surface area contributed by atoms with E-state index in [9.17, 15) is 0 Å². The van der Waals surface area contributed by atoms with E-state index in [2.05, 4.69) is 28.3 Å².